The number of hydrogen-bond acceptors (Lipinski definition) is 5. The molecule has 0 aliphatic heterocycles. The molecule has 0 spiro atoms. The number of nitro benzene ring substituents is 1. The summed E-state index contributed by atoms with van der Waals surface area (Å²) in [6.45, 7) is 4.05. The molecule has 6 nitrogen and oxygen atoms in total. The summed E-state index contributed by atoms with van der Waals surface area (Å²) in [6, 6.07) is 1.82. The molecule has 2 atom stereocenters. The highest BCUT2D eigenvalue weighted by molar-refractivity contribution is 9.10. The molecule has 4 N–H and O–H groups in total. The van der Waals surface area contributed by atoms with E-state index in [1.165, 1.54) is 12.1 Å². The smallest absolute Gasteiger partial charge is 0.312 e. The number of rotatable bonds is 6. The summed E-state index contributed by atoms with van der Waals surface area (Å²) in [5.41, 5.74) is 5.65. The molecular formula is C13H19BrN2O4. The van der Waals surface area contributed by atoms with Crippen LogP contribution < -0.4 is 5.73 Å². The summed E-state index contributed by atoms with van der Waals surface area (Å²) in [5.74, 6) is -0.0726. The van der Waals surface area contributed by atoms with Gasteiger partial charge in [0.05, 0.1) is 17.1 Å². The highest BCUT2D eigenvalue weighted by Crippen LogP contribution is 2.37. The number of nitrogens with two attached hydrogens (primary N) is 1. The number of nitrogens with zero attached hydrogens (tertiary/aromatic N) is 1. The lowest BCUT2D eigenvalue weighted by atomic mass is 9.95. The third-order valence-corrected chi connectivity index (χ3v) is 3.55. The first kappa shape index (κ1) is 16.9. The molecule has 1 rings (SSSR count). The first-order valence-electron chi connectivity index (χ1n) is 6.34. The quantitative estimate of drug-likeness (QED) is 0.541. The van der Waals surface area contributed by atoms with Gasteiger partial charge in [0.1, 0.15) is 0 Å². The van der Waals surface area contributed by atoms with E-state index >= 15 is 0 Å². The van der Waals surface area contributed by atoms with Crippen molar-refractivity contribution < 1.29 is 15.1 Å². The summed E-state index contributed by atoms with van der Waals surface area (Å²) in [5, 5.41) is 30.8. The minimum atomic E-state index is -0.870. The van der Waals surface area contributed by atoms with E-state index in [9.17, 15) is 20.3 Å². The third-order valence-electron chi connectivity index (χ3n) is 3.09. The van der Waals surface area contributed by atoms with E-state index in [4.69, 9.17) is 5.73 Å². The van der Waals surface area contributed by atoms with Crippen LogP contribution in [0.25, 0.3) is 0 Å². The Bertz CT molecular complexity index is 494. The largest absolute Gasteiger partial charge is 0.502 e. The standard InChI is InChI=1S/C13H19BrN2O4/c1-7(2)3-4-11(17)12(15)9-5-8(14)6-10(13(9)18)16(19)20/h5-7,11-12,17-18H,3-4,15H2,1-2H3/t11-,12+/m0/s1. The maximum Gasteiger partial charge on any atom is 0.312 e. The Morgan fingerprint density at radius 3 is 2.50 bits per heavy atom. The molecule has 0 fully saturated rings. The molecule has 0 heterocycles. The fraction of sp³-hybridized carbons (Fsp3) is 0.538. The molecule has 0 saturated heterocycles. The van der Waals surface area contributed by atoms with E-state index in [1.807, 2.05) is 13.8 Å². The van der Waals surface area contributed by atoms with Gasteiger partial charge in [0.2, 0.25) is 0 Å². The van der Waals surface area contributed by atoms with Crippen LogP contribution in [-0.2, 0) is 0 Å². The van der Waals surface area contributed by atoms with Crippen LogP contribution in [0.2, 0.25) is 0 Å². The van der Waals surface area contributed by atoms with Crippen molar-refractivity contribution in [2.75, 3.05) is 0 Å². The Morgan fingerprint density at radius 2 is 2.00 bits per heavy atom. The van der Waals surface area contributed by atoms with Crippen LogP contribution in [0.3, 0.4) is 0 Å². The van der Waals surface area contributed by atoms with Crippen molar-refractivity contribution in [1.29, 1.82) is 0 Å². The summed E-state index contributed by atoms with van der Waals surface area (Å²) >= 11 is 3.14. The number of aliphatic hydroxyl groups is 1. The highest BCUT2D eigenvalue weighted by Gasteiger charge is 2.26. The SMILES string of the molecule is CC(C)CC[C@H](O)[C@H](N)c1cc(Br)cc([N+](=O)[O-])c1O. The molecule has 0 radical (unpaired) electrons. The highest BCUT2D eigenvalue weighted by atomic mass is 79.9. The number of aromatic hydroxyl groups is 1. The fourth-order valence-corrected chi connectivity index (χ4v) is 2.35. The third kappa shape index (κ3) is 4.16. The molecule has 1 aromatic carbocycles. The second kappa shape index (κ2) is 7.01. The Hall–Kier alpha value is -1.18. The Kier molecular flexibility index (Phi) is 5.91. The van der Waals surface area contributed by atoms with Gasteiger partial charge in [-0.15, -0.1) is 0 Å². The first-order valence-corrected chi connectivity index (χ1v) is 7.13. The van der Waals surface area contributed by atoms with Crippen LogP contribution in [0.4, 0.5) is 5.69 Å². The number of phenolic OH excluding ortho intramolecular Hbond substituents is 1. The minimum Gasteiger partial charge on any atom is -0.502 e. The molecule has 0 aliphatic carbocycles. The Labute approximate surface area is 125 Å². The van der Waals surface area contributed by atoms with Crippen molar-refractivity contribution in [2.24, 2.45) is 11.7 Å². The van der Waals surface area contributed by atoms with E-state index in [1.54, 1.807) is 0 Å². The maximum atomic E-state index is 10.9. The van der Waals surface area contributed by atoms with E-state index < -0.39 is 28.5 Å². The second-order valence-corrected chi connectivity index (χ2v) is 6.10. The number of aliphatic hydroxyl groups excluding tert-OH is 1. The molecule has 0 unspecified atom stereocenters. The average molecular weight is 347 g/mol. The molecule has 1 aromatic rings. The normalized spacial score (nSPS) is 14.3. The number of halogens is 1. The summed E-state index contributed by atoms with van der Waals surface area (Å²) in [4.78, 5) is 10.2. The van der Waals surface area contributed by atoms with Crippen molar-refractivity contribution in [3.63, 3.8) is 0 Å². The first-order chi connectivity index (χ1) is 9.23. The zero-order valence-corrected chi connectivity index (χ0v) is 13.0. The average Bonchev–Trinajstić information content (AvgIpc) is 2.36. The van der Waals surface area contributed by atoms with Crippen LogP contribution in [-0.4, -0.2) is 21.2 Å². The van der Waals surface area contributed by atoms with Gasteiger partial charge in [0.15, 0.2) is 5.75 Å². The van der Waals surface area contributed by atoms with Crippen molar-refractivity contribution >= 4 is 21.6 Å². The van der Waals surface area contributed by atoms with E-state index in [-0.39, 0.29) is 5.56 Å². The molecule has 112 valence electrons. The number of nitro groups is 1. The van der Waals surface area contributed by atoms with E-state index in [0.29, 0.717) is 16.8 Å². The molecule has 0 bridgehead atoms. The fourth-order valence-electron chi connectivity index (χ4n) is 1.89. The lowest BCUT2D eigenvalue weighted by Crippen LogP contribution is -2.26. The second-order valence-electron chi connectivity index (χ2n) is 5.18. The van der Waals surface area contributed by atoms with Gasteiger partial charge in [-0.3, -0.25) is 10.1 Å². The van der Waals surface area contributed by atoms with Gasteiger partial charge in [0, 0.05) is 16.1 Å². The van der Waals surface area contributed by atoms with Gasteiger partial charge in [-0.05, 0) is 24.8 Å². The number of phenols is 1. The van der Waals surface area contributed by atoms with Gasteiger partial charge < -0.3 is 15.9 Å². The van der Waals surface area contributed by atoms with Gasteiger partial charge in [-0.1, -0.05) is 29.8 Å². The zero-order chi connectivity index (χ0) is 15.4. The Balaban J connectivity index is 3.03. The van der Waals surface area contributed by atoms with Gasteiger partial charge >= 0.3 is 5.69 Å². The molecule has 20 heavy (non-hydrogen) atoms. The predicted molar refractivity (Wildman–Crippen MR) is 79.5 cm³/mol. The molecule has 0 aromatic heterocycles. The van der Waals surface area contributed by atoms with Gasteiger partial charge in [-0.2, -0.15) is 0 Å². The lowest BCUT2D eigenvalue weighted by Gasteiger charge is -2.21. The lowest BCUT2D eigenvalue weighted by molar-refractivity contribution is -0.386. The van der Waals surface area contributed by atoms with Crippen LogP contribution >= 0.6 is 15.9 Å². The molecule has 0 aliphatic rings. The molecule has 0 saturated carbocycles. The molecule has 0 amide bonds. The molecular weight excluding hydrogens is 328 g/mol. The van der Waals surface area contributed by atoms with Gasteiger partial charge in [0.25, 0.3) is 0 Å². The topological polar surface area (TPSA) is 110 Å². The Morgan fingerprint density at radius 1 is 1.40 bits per heavy atom. The zero-order valence-electron chi connectivity index (χ0n) is 11.4. The van der Waals surface area contributed by atoms with Crippen LogP contribution in [0, 0.1) is 16.0 Å². The van der Waals surface area contributed by atoms with Crippen molar-refractivity contribution in [2.45, 2.75) is 38.8 Å². The predicted octanol–water partition coefficient (Wildman–Crippen LogP) is 2.86. The summed E-state index contributed by atoms with van der Waals surface area (Å²) in [7, 11) is 0. The van der Waals surface area contributed by atoms with Crippen LogP contribution in [0.15, 0.2) is 16.6 Å². The van der Waals surface area contributed by atoms with Gasteiger partial charge in [-0.25, -0.2) is 0 Å². The van der Waals surface area contributed by atoms with Crippen molar-refractivity contribution in [3.8, 4) is 5.75 Å². The number of hydrogen-bond donors (Lipinski definition) is 3. The monoisotopic (exact) mass is 346 g/mol. The van der Waals surface area contributed by atoms with Crippen LogP contribution in [0.1, 0.15) is 38.3 Å². The van der Waals surface area contributed by atoms with E-state index in [2.05, 4.69) is 15.9 Å². The minimum absolute atomic E-state index is 0.169. The van der Waals surface area contributed by atoms with Crippen molar-refractivity contribution in [3.05, 3.63) is 32.3 Å². The summed E-state index contributed by atoms with van der Waals surface area (Å²) < 4.78 is 0.434. The molecule has 7 heteroatoms. The maximum absolute atomic E-state index is 10.9. The van der Waals surface area contributed by atoms with E-state index in [0.717, 1.165) is 6.42 Å². The van der Waals surface area contributed by atoms with Crippen molar-refractivity contribution in [1.82, 2.24) is 0 Å². The van der Waals surface area contributed by atoms with Crippen LogP contribution in [0.5, 0.6) is 5.75 Å². The summed E-state index contributed by atoms with van der Waals surface area (Å²) in [6.07, 6.45) is 0.391. The number of benzene rings is 1.